The molecule has 1 atom stereocenters. The number of nitrogens with zero attached hydrogens (tertiary/aromatic N) is 1. The van der Waals surface area contributed by atoms with Crippen LogP contribution in [0.4, 0.5) is 0 Å². The van der Waals surface area contributed by atoms with Gasteiger partial charge in [0.25, 0.3) is 0 Å². The summed E-state index contributed by atoms with van der Waals surface area (Å²) in [6.45, 7) is 2.34. The van der Waals surface area contributed by atoms with E-state index in [1.807, 2.05) is 78.9 Å². The fourth-order valence-corrected chi connectivity index (χ4v) is 3.99. The number of aliphatic hydroxyl groups is 1. The topological polar surface area (TPSA) is 92.8 Å². The van der Waals surface area contributed by atoms with Crippen LogP contribution in [-0.2, 0) is 22.6 Å². The molecule has 0 fully saturated rings. The minimum absolute atomic E-state index is 0.0834. The highest BCUT2D eigenvalue weighted by molar-refractivity contribution is 5.73. The first-order valence-corrected chi connectivity index (χ1v) is 11.2. The molecule has 1 heterocycles. The molecule has 3 aromatic carbocycles. The Morgan fingerprint density at radius 3 is 2.38 bits per heavy atom. The SMILES string of the molecule is Cc1noc(-c2ccc(-c3ccccc3CCC(=O)O)cc2)c1C(O)COCc1ccccc1. The Bertz CT molecular complexity index is 1230. The van der Waals surface area contributed by atoms with E-state index in [0.29, 0.717) is 30.0 Å². The molecule has 0 aliphatic heterocycles. The van der Waals surface area contributed by atoms with Crippen molar-refractivity contribution in [3.63, 3.8) is 0 Å². The Hall–Kier alpha value is -3.74. The standard InChI is InChI=1S/C28H27NO5/c1-19-27(25(30)18-33-17-20-7-3-2-4-8-20)28(34-29-19)23-13-11-22(12-14-23)24-10-6-5-9-21(24)15-16-26(31)32/h2-14,25,30H,15-18H2,1H3,(H,31,32). The third kappa shape index (κ3) is 5.60. The number of hydrogen-bond acceptors (Lipinski definition) is 5. The van der Waals surface area contributed by atoms with Crippen LogP contribution in [-0.4, -0.2) is 27.9 Å². The summed E-state index contributed by atoms with van der Waals surface area (Å²) in [5.41, 5.74) is 6.03. The minimum atomic E-state index is -0.874. The van der Waals surface area contributed by atoms with Crippen LogP contribution in [0.5, 0.6) is 0 Å². The van der Waals surface area contributed by atoms with E-state index in [2.05, 4.69) is 5.16 Å². The van der Waals surface area contributed by atoms with Crippen molar-refractivity contribution in [3.05, 3.63) is 101 Å². The van der Waals surface area contributed by atoms with E-state index in [1.54, 1.807) is 6.92 Å². The molecule has 1 unspecified atom stereocenters. The molecule has 0 saturated carbocycles. The fraction of sp³-hybridized carbons (Fsp3) is 0.214. The fourth-order valence-electron chi connectivity index (χ4n) is 3.99. The third-order valence-corrected chi connectivity index (χ3v) is 5.71. The Morgan fingerprint density at radius 2 is 1.65 bits per heavy atom. The average molecular weight is 458 g/mol. The van der Waals surface area contributed by atoms with Gasteiger partial charge in [-0.05, 0) is 35.6 Å². The van der Waals surface area contributed by atoms with Gasteiger partial charge in [0.15, 0.2) is 5.76 Å². The smallest absolute Gasteiger partial charge is 0.303 e. The number of ether oxygens (including phenoxy) is 1. The van der Waals surface area contributed by atoms with Crippen molar-refractivity contribution in [1.82, 2.24) is 5.16 Å². The first kappa shape index (κ1) is 23.4. The second-order valence-corrected chi connectivity index (χ2v) is 8.16. The zero-order valence-electron chi connectivity index (χ0n) is 19.0. The van der Waals surface area contributed by atoms with E-state index in [0.717, 1.165) is 27.8 Å². The molecule has 6 heteroatoms. The maximum absolute atomic E-state index is 11.0. The lowest BCUT2D eigenvalue weighted by Gasteiger charge is -2.13. The zero-order chi connectivity index (χ0) is 23.9. The monoisotopic (exact) mass is 457 g/mol. The van der Waals surface area contributed by atoms with Crippen LogP contribution in [0.2, 0.25) is 0 Å². The third-order valence-electron chi connectivity index (χ3n) is 5.71. The van der Waals surface area contributed by atoms with Gasteiger partial charge in [0.05, 0.1) is 24.5 Å². The van der Waals surface area contributed by atoms with Crippen molar-refractivity contribution in [2.45, 2.75) is 32.5 Å². The Balaban J connectivity index is 1.50. The maximum Gasteiger partial charge on any atom is 0.303 e. The molecule has 4 rings (SSSR count). The van der Waals surface area contributed by atoms with Gasteiger partial charge < -0.3 is 19.5 Å². The number of carboxylic acid groups (broad SMARTS) is 1. The molecular weight excluding hydrogens is 430 g/mol. The number of carbonyl (C=O) groups is 1. The Morgan fingerprint density at radius 1 is 0.971 bits per heavy atom. The van der Waals surface area contributed by atoms with Gasteiger partial charge in [-0.3, -0.25) is 4.79 Å². The summed E-state index contributed by atoms with van der Waals surface area (Å²) in [5.74, 6) is -0.302. The van der Waals surface area contributed by atoms with Crippen molar-refractivity contribution >= 4 is 5.97 Å². The molecule has 4 aromatic rings. The highest BCUT2D eigenvalue weighted by Gasteiger charge is 2.22. The first-order chi connectivity index (χ1) is 16.5. The van der Waals surface area contributed by atoms with Gasteiger partial charge in [0, 0.05) is 12.0 Å². The van der Waals surface area contributed by atoms with Crippen molar-refractivity contribution in [2.24, 2.45) is 0 Å². The summed E-state index contributed by atoms with van der Waals surface area (Å²) in [5, 5.41) is 23.9. The van der Waals surface area contributed by atoms with E-state index in [1.165, 1.54) is 0 Å². The van der Waals surface area contributed by atoms with Gasteiger partial charge in [0.1, 0.15) is 6.10 Å². The molecule has 34 heavy (non-hydrogen) atoms. The maximum atomic E-state index is 11.0. The second kappa shape index (κ2) is 10.9. The molecule has 174 valence electrons. The van der Waals surface area contributed by atoms with E-state index in [4.69, 9.17) is 14.4 Å². The molecule has 6 nitrogen and oxygen atoms in total. The molecule has 0 saturated heterocycles. The number of carboxylic acids is 1. The van der Waals surface area contributed by atoms with Gasteiger partial charge in [-0.25, -0.2) is 0 Å². The van der Waals surface area contributed by atoms with Gasteiger partial charge >= 0.3 is 5.97 Å². The lowest BCUT2D eigenvalue weighted by molar-refractivity contribution is -0.136. The number of aliphatic carboxylic acids is 1. The number of aromatic nitrogens is 1. The molecule has 0 radical (unpaired) electrons. The lowest BCUT2D eigenvalue weighted by atomic mass is 9.95. The quantitative estimate of drug-likeness (QED) is 0.323. The van der Waals surface area contributed by atoms with Crippen molar-refractivity contribution in [3.8, 4) is 22.5 Å². The summed E-state index contributed by atoms with van der Waals surface area (Å²) >= 11 is 0. The van der Waals surface area contributed by atoms with E-state index in [-0.39, 0.29) is 13.0 Å². The molecule has 0 bridgehead atoms. The van der Waals surface area contributed by atoms with Crippen LogP contribution in [0.1, 0.15) is 34.9 Å². The van der Waals surface area contributed by atoms with Crippen LogP contribution in [0.3, 0.4) is 0 Å². The number of benzene rings is 3. The zero-order valence-corrected chi connectivity index (χ0v) is 19.0. The van der Waals surface area contributed by atoms with E-state index >= 15 is 0 Å². The summed E-state index contributed by atoms with van der Waals surface area (Å²) in [6, 6.07) is 25.4. The molecular formula is C28H27NO5. The molecule has 2 N–H and O–H groups in total. The molecule has 0 aliphatic rings. The van der Waals surface area contributed by atoms with Crippen LogP contribution in [0.15, 0.2) is 83.4 Å². The summed E-state index contributed by atoms with van der Waals surface area (Å²) in [4.78, 5) is 11.0. The first-order valence-electron chi connectivity index (χ1n) is 11.2. The number of hydrogen-bond donors (Lipinski definition) is 2. The van der Waals surface area contributed by atoms with Gasteiger partial charge in [0.2, 0.25) is 0 Å². The van der Waals surface area contributed by atoms with Crippen LogP contribution in [0, 0.1) is 6.92 Å². The molecule has 0 amide bonds. The van der Waals surface area contributed by atoms with Crippen LogP contribution < -0.4 is 0 Å². The molecule has 0 spiro atoms. The summed E-state index contributed by atoms with van der Waals surface area (Å²) in [7, 11) is 0. The predicted molar refractivity (Wildman–Crippen MR) is 129 cm³/mol. The van der Waals surface area contributed by atoms with Gasteiger partial charge in [-0.1, -0.05) is 84.0 Å². The number of aryl methyl sites for hydroxylation is 2. The highest BCUT2D eigenvalue weighted by atomic mass is 16.5. The summed E-state index contributed by atoms with van der Waals surface area (Å²) in [6.07, 6.45) is -0.324. The van der Waals surface area contributed by atoms with Crippen LogP contribution >= 0.6 is 0 Å². The molecule has 1 aromatic heterocycles. The second-order valence-electron chi connectivity index (χ2n) is 8.16. The predicted octanol–water partition coefficient (Wildman–Crippen LogP) is 5.58. The van der Waals surface area contributed by atoms with Gasteiger partial charge in [-0.15, -0.1) is 0 Å². The van der Waals surface area contributed by atoms with Crippen LogP contribution in [0.25, 0.3) is 22.5 Å². The van der Waals surface area contributed by atoms with Crippen molar-refractivity contribution in [1.29, 1.82) is 0 Å². The number of aliphatic hydroxyl groups excluding tert-OH is 1. The average Bonchev–Trinajstić information content (AvgIpc) is 3.25. The Labute approximate surface area is 198 Å². The largest absolute Gasteiger partial charge is 0.481 e. The van der Waals surface area contributed by atoms with Crippen molar-refractivity contribution in [2.75, 3.05) is 6.61 Å². The minimum Gasteiger partial charge on any atom is -0.481 e. The lowest BCUT2D eigenvalue weighted by Crippen LogP contribution is -2.09. The highest BCUT2D eigenvalue weighted by Crippen LogP contribution is 2.33. The molecule has 0 aliphatic carbocycles. The number of rotatable bonds is 10. The summed E-state index contributed by atoms with van der Waals surface area (Å²) < 4.78 is 11.3. The van der Waals surface area contributed by atoms with Gasteiger partial charge in [-0.2, -0.15) is 0 Å². The Kier molecular flexibility index (Phi) is 7.52. The normalized spacial score (nSPS) is 11.9. The van der Waals surface area contributed by atoms with E-state index < -0.39 is 12.1 Å². The van der Waals surface area contributed by atoms with E-state index in [9.17, 15) is 9.90 Å². The van der Waals surface area contributed by atoms with Crippen molar-refractivity contribution < 1.29 is 24.3 Å².